The minimum Gasteiger partial charge on any atom is -0.375 e. The zero-order valence-corrected chi connectivity index (χ0v) is 18.7. The Morgan fingerprint density at radius 1 is 0.875 bits per heavy atom. The number of benzene rings is 3. The Morgan fingerprint density at radius 3 is 2.31 bits per heavy atom. The van der Waals surface area contributed by atoms with E-state index in [1.54, 1.807) is 4.90 Å². The molecule has 0 heterocycles. The van der Waals surface area contributed by atoms with Crippen molar-refractivity contribution in [2.75, 3.05) is 25.2 Å². The quantitative estimate of drug-likeness (QED) is 0.527. The molecule has 0 fully saturated rings. The number of hydrogen-bond acceptors (Lipinski definition) is 3. The fraction of sp³-hybridized carbons (Fsp3) is 0.259. The molecule has 5 nitrogen and oxygen atoms in total. The first kappa shape index (κ1) is 23.2. The number of ether oxygens (including phenoxy) is 1. The molecule has 0 atom stereocenters. The molecule has 1 N–H and O–H groups in total. The lowest BCUT2D eigenvalue weighted by molar-refractivity contribution is -0.122. The maximum Gasteiger partial charge on any atom is 0.253 e. The SMILES string of the molecule is COCC(=O)N(Cc1ccc(C)cc1)c1cccc(CC(=O)NCCc2ccccc2)c1. The molecule has 0 aliphatic heterocycles. The average molecular weight is 431 g/mol. The van der Waals surface area contributed by atoms with Crippen LogP contribution in [0.25, 0.3) is 0 Å². The van der Waals surface area contributed by atoms with Gasteiger partial charge in [0.2, 0.25) is 5.91 Å². The predicted octanol–water partition coefficient (Wildman–Crippen LogP) is 4.08. The van der Waals surface area contributed by atoms with Gasteiger partial charge in [0.1, 0.15) is 6.61 Å². The number of rotatable bonds is 10. The molecule has 0 spiro atoms. The lowest BCUT2D eigenvalue weighted by Gasteiger charge is -2.23. The number of methoxy groups -OCH3 is 1. The Kier molecular flexibility index (Phi) is 8.58. The van der Waals surface area contributed by atoms with Crippen molar-refractivity contribution in [1.82, 2.24) is 5.32 Å². The van der Waals surface area contributed by atoms with Gasteiger partial charge in [0, 0.05) is 19.3 Å². The molecule has 0 saturated heterocycles. The van der Waals surface area contributed by atoms with E-state index in [2.05, 4.69) is 17.4 Å². The zero-order chi connectivity index (χ0) is 22.8. The third-order valence-corrected chi connectivity index (χ3v) is 5.20. The van der Waals surface area contributed by atoms with Gasteiger partial charge in [0.05, 0.1) is 13.0 Å². The summed E-state index contributed by atoms with van der Waals surface area (Å²) in [5, 5.41) is 2.98. The summed E-state index contributed by atoms with van der Waals surface area (Å²) in [7, 11) is 1.51. The van der Waals surface area contributed by atoms with E-state index in [0.29, 0.717) is 13.1 Å². The predicted molar refractivity (Wildman–Crippen MR) is 128 cm³/mol. The maximum atomic E-state index is 12.7. The van der Waals surface area contributed by atoms with Crippen molar-refractivity contribution in [1.29, 1.82) is 0 Å². The van der Waals surface area contributed by atoms with E-state index in [1.165, 1.54) is 18.2 Å². The maximum absolute atomic E-state index is 12.7. The number of nitrogens with zero attached hydrogens (tertiary/aromatic N) is 1. The molecule has 166 valence electrons. The van der Waals surface area contributed by atoms with Crippen LogP contribution in [0.4, 0.5) is 5.69 Å². The normalized spacial score (nSPS) is 10.6. The summed E-state index contributed by atoms with van der Waals surface area (Å²) < 4.78 is 5.08. The third-order valence-electron chi connectivity index (χ3n) is 5.20. The Hall–Kier alpha value is -3.44. The summed E-state index contributed by atoms with van der Waals surface area (Å²) in [5.74, 6) is -0.163. The first-order valence-corrected chi connectivity index (χ1v) is 10.8. The van der Waals surface area contributed by atoms with Crippen molar-refractivity contribution >= 4 is 17.5 Å². The van der Waals surface area contributed by atoms with Gasteiger partial charge in [-0.3, -0.25) is 9.59 Å². The zero-order valence-electron chi connectivity index (χ0n) is 18.7. The van der Waals surface area contributed by atoms with Crippen LogP contribution in [0.3, 0.4) is 0 Å². The molecule has 0 radical (unpaired) electrons. The van der Waals surface area contributed by atoms with Crippen molar-refractivity contribution in [2.45, 2.75) is 26.3 Å². The van der Waals surface area contributed by atoms with Gasteiger partial charge in [-0.25, -0.2) is 0 Å². The monoisotopic (exact) mass is 430 g/mol. The van der Waals surface area contributed by atoms with Gasteiger partial charge >= 0.3 is 0 Å². The van der Waals surface area contributed by atoms with Crippen LogP contribution in [0.2, 0.25) is 0 Å². The molecule has 0 aliphatic rings. The fourth-order valence-electron chi connectivity index (χ4n) is 3.47. The van der Waals surface area contributed by atoms with Gasteiger partial charge < -0.3 is 15.0 Å². The lowest BCUT2D eigenvalue weighted by Crippen LogP contribution is -2.33. The van der Waals surface area contributed by atoms with Crippen molar-refractivity contribution in [3.63, 3.8) is 0 Å². The Labute approximate surface area is 190 Å². The van der Waals surface area contributed by atoms with E-state index in [1.807, 2.05) is 73.7 Å². The molecule has 3 rings (SSSR count). The van der Waals surface area contributed by atoms with E-state index in [-0.39, 0.29) is 24.8 Å². The highest BCUT2D eigenvalue weighted by atomic mass is 16.5. The minimum atomic E-state index is -0.127. The highest BCUT2D eigenvalue weighted by molar-refractivity contribution is 5.94. The molecule has 0 saturated carbocycles. The number of anilines is 1. The van der Waals surface area contributed by atoms with Gasteiger partial charge in [-0.1, -0.05) is 72.3 Å². The average Bonchev–Trinajstić information content (AvgIpc) is 2.79. The molecule has 0 aliphatic carbocycles. The summed E-state index contributed by atoms with van der Waals surface area (Å²) in [6, 6.07) is 25.8. The van der Waals surface area contributed by atoms with Crippen LogP contribution in [0, 0.1) is 6.92 Å². The molecule has 0 aromatic heterocycles. The second kappa shape index (κ2) is 11.8. The van der Waals surface area contributed by atoms with Gasteiger partial charge in [0.15, 0.2) is 0 Å². The number of amides is 2. The van der Waals surface area contributed by atoms with Crippen LogP contribution in [0.15, 0.2) is 78.9 Å². The smallest absolute Gasteiger partial charge is 0.253 e. The first-order valence-electron chi connectivity index (χ1n) is 10.8. The van der Waals surface area contributed by atoms with Gasteiger partial charge in [-0.2, -0.15) is 0 Å². The Bertz CT molecular complexity index is 1020. The van der Waals surface area contributed by atoms with Crippen molar-refractivity contribution in [3.8, 4) is 0 Å². The highest BCUT2D eigenvalue weighted by Crippen LogP contribution is 2.20. The molecule has 3 aromatic rings. The summed E-state index contributed by atoms with van der Waals surface area (Å²) in [5.41, 5.74) is 5.01. The van der Waals surface area contributed by atoms with Gasteiger partial charge in [0.25, 0.3) is 5.91 Å². The Balaban J connectivity index is 1.65. The second-order valence-corrected chi connectivity index (χ2v) is 7.83. The second-order valence-electron chi connectivity index (χ2n) is 7.83. The van der Waals surface area contributed by atoms with E-state index < -0.39 is 0 Å². The topological polar surface area (TPSA) is 58.6 Å². The van der Waals surface area contributed by atoms with E-state index in [9.17, 15) is 9.59 Å². The summed E-state index contributed by atoms with van der Waals surface area (Å²) in [6.07, 6.45) is 1.06. The molecule has 2 amide bonds. The number of nitrogens with one attached hydrogen (secondary N) is 1. The summed E-state index contributed by atoms with van der Waals surface area (Å²) in [6.45, 7) is 3.06. The highest BCUT2D eigenvalue weighted by Gasteiger charge is 2.17. The minimum absolute atomic E-state index is 0.00391. The number of aryl methyl sites for hydroxylation is 1. The Morgan fingerprint density at radius 2 is 1.59 bits per heavy atom. The van der Waals surface area contributed by atoms with E-state index in [4.69, 9.17) is 4.74 Å². The molecule has 32 heavy (non-hydrogen) atoms. The van der Waals surface area contributed by atoms with E-state index >= 15 is 0 Å². The largest absolute Gasteiger partial charge is 0.375 e. The number of hydrogen-bond donors (Lipinski definition) is 1. The first-order chi connectivity index (χ1) is 15.5. The number of carbonyl (C=O) groups is 2. The fourth-order valence-corrected chi connectivity index (χ4v) is 3.47. The van der Waals surface area contributed by atoms with Gasteiger partial charge in [-0.15, -0.1) is 0 Å². The summed E-state index contributed by atoms with van der Waals surface area (Å²) in [4.78, 5) is 26.9. The van der Waals surface area contributed by atoms with Crippen LogP contribution in [-0.2, 0) is 33.7 Å². The molecule has 5 heteroatoms. The van der Waals surface area contributed by atoms with Crippen molar-refractivity contribution in [3.05, 3.63) is 101 Å². The van der Waals surface area contributed by atoms with Crippen LogP contribution in [-0.4, -0.2) is 32.1 Å². The molecule has 3 aromatic carbocycles. The molecular formula is C27H30N2O3. The van der Waals surface area contributed by atoms with Crippen LogP contribution >= 0.6 is 0 Å². The van der Waals surface area contributed by atoms with Gasteiger partial charge in [-0.05, 0) is 42.2 Å². The lowest BCUT2D eigenvalue weighted by atomic mass is 10.1. The van der Waals surface area contributed by atoms with Crippen LogP contribution < -0.4 is 10.2 Å². The number of carbonyl (C=O) groups excluding carboxylic acids is 2. The summed E-state index contributed by atoms with van der Waals surface area (Å²) >= 11 is 0. The third kappa shape index (κ3) is 7.06. The van der Waals surface area contributed by atoms with Crippen molar-refractivity contribution in [2.24, 2.45) is 0 Å². The molecule has 0 unspecified atom stereocenters. The molecular weight excluding hydrogens is 400 g/mol. The van der Waals surface area contributed by atoms with Crippen LogP contribution in [0.5, 0.6) is 0 Å². The molecule has 0 bridgehead atoms. The van der Waals surface area contributed by atoms with Crippen LogP contribution in [0.1, 0.15) is 22.3 Å². The van der Waals surface area contributed by atoms with Crippen molar-refractivity contribution < 1.29 is 14.3 Å². The standard InChI is InChI=1S/C27H30N2O3/c1-21-11-13-23(14-12-21)19-29(27(31)20-32-2)25-10-6-9-24(17-25)18-26(30)28-16-15-22-7-4-3-5-8-22/h3-14,17H,15-16,18-20H2,1-2H3,(H,28,30). The van der Waals surface area contributed by atoms with E-state index in [0.717, 1.165) is 23.2 Å².